The molecule has 3 atom stereocenters. The van der Waals surface area contributed by atoms with Crippen LogP contribution < -0.4 is 10.6 Å². The van der Waals surface area contributed by atoms with Crippen LogP contribution in [0.2, 0.25) is 0 Å². The highest BCUT2D eigenvalue weighted by Crippen LogP contribution is 2.42. The quantitative estimate of drug-likeness (QED) is 0.239. The fourth-order valence-electron chi connectivity index (χ4n) is 8.09. The number of carbonyl (C=O) groups excluding carboxylic acids is 4. The number of amides is 3. The van der Waals surface area contributed by atoms with Gasteiger partial charge in [0.1, 0.15) is 23.9 Å². The molecule has 5 rings (SSSR count). The van der Waals surface area contributed by atoms with Crippen LogP contribution in [-0.4, -0.2) is 79.5 Å². The van der Waals surface area contributed by atoms with E-state index < -0.39 is 36.4 Å². The Morgan fingerprint density at radius 3 is 2.36 bits per heavy atom. The topological polar surface area (TPSA) is 136 Å². The first-order chi connectivity index (χ1) is 23.9. The number of furan rings is 1. The second-order valence-corrected chi connectivity index (χ2v) is 15.2. The van der Waals surface area contributed by atoms with Gasteiger partial charge in [-0.1, -0.05) is 6.92 Å². The second kappa shape index (κ2) is 16.6. The van der Waals surface area contributed by atoms with Crippen molar-refractivity contribution < 1.29 is 42.2 Å². The van der Waals surface area contributed by atoms with Crippen LogP contribution in [0.5, 0.6) is 0 Å². The molecule has 3 fully saturated rings. The molecule has 2 aliphatic carbocycles. The van der Waals surface area contributed by atoms with Gasteiger partial charge in [-0.25, -0.2) is 14.0 Å². The fourth-order valence-corrected chi connectivity index (χ4v) is 8.09. The molecule has 3 amide bonds. The number of halogens is 1. The SMILES string of the molecule is CCCOC(=O)c1cc2cc(NC(=O)[C@H]3[C@H](C4CCC(OC)CC4)CCN3C(=O)C3CCC([C@@H](CF)NC(=O)OC(C)(C)C)CC3)ccc2o1. The molecule has 2 saturated carbocycles. The number of ether oxygens (including phenoxy) is 3. The number of hydrogen-bond donors (Lipinski definition) is 2. The zero-order chi connectivity index (χ0) is 36.0. The van der Waals surface area contributed by atoms with Crippen LogP contribution >= 0.6 is 0 Å². The summed E-state index contributed by atoms with van der Waals surface area (Å²) in [4.78, 5) is 54.9. The van der Waals surface area contributed by atoms with E-state index in [1.807, 2.05) is 6.92 Å². The van der Waals surface area contributed by atoms with E-state index in [0.717, 1.165) is 32.1 Å². The highest BCUT2D eigenvalue weighted by molar-refractivity contribution is 6.00. The number of benzene rings is 1. The minimum atomic E-state index is -0.710. The number of carbonyl (C=O) groups is 4. The molecule has 0 spiro atoms. The molecule has 11 nitrogen and oxygen atoms in total. The van der Waals surface area contributed by atoms with Crippen molar-refractivity contribution in [1.82, 2.24) is 10.2 Å². The summed E-state index contributed by atoms with van der Waals surface area (Å²) < 4.78 is 35.9. The Morgan fingerprint density at radius 2 is 1.72 bits per heavy atom. The Bertz CT molecular complexity index is 1490. The molecule has 1 aromatic carbocycles. The van der Waals surface area contributed by atoms with E-state index in [-0.39, 0.29) is 41.4 Å². The molecule has 0 bridgehead atoms. The minimum Gasteiger partial charge on any atom is -0.460 e. The van der Waals surface area contributed by atoms with Crippen LogP contribution in [0, 0.1) is 23.7 Å². The summed E-state index contributed by atoms with van der Waals surface area (Å²) in [7, 11) is 1.74. The molecular formula is C38H54FN3O8. The Balaban J connectivity index is 1.28. The molecule has 276 valence electrons. The highest BCUT2D eigenvalue weighted by Gasteiger charge is 2.47. The average Bonchev–Trinajstić information content (AvgIpc) is 3.74. The molecular weight excluding hydrogens is 645 g/mol. The van der Waals surface area contributed by atoms with Gasteiger partial charge in [-0.15, -0.1) is 0 Å². The van der Waals surface area contributed by atoms with E-state index in [1.165, 1.54) is 0 Å². The number of fused-ring (bicyclic) bond motifs is 1. The summed E-state index contributed by atoms with van der Waals surface area (Å²) in [5.41, 5.74) is 0.366. The third kappa shape index (κ3) is 9.16. The zero-order valence-electron chi connectivity index (χ0n) is 30.1. The second-order valence-electron chi connectivity index (χ2n) is 15.2. The van der Waals surface area contributed by atoms with Crippen molar-refractivity contribution in [1.29, 1.82) is 0 Å². The molecule has 3 aliphatic rings. The van der Waals surface area contributed by atoms with Gasteiger partial charge in [0.05, 0.1) is 18.8 Å². The average molecular weight is 700 g/mol. The number of methoxy groups -OCH3 is 1. The van der Waals surface area contributed by atoms with Gasteiger partial charge in [-0.2, -0.15) is 0 Å². The number of esters is 1. The number of alkyl carbamates (subject to hydrolysis) is 1. The van der Waals surface area contributed by atoms with Gasteiger partial charge in [0.25, 0.3) is 0 Å². The van der Waals surface area contributed by atoms with Gasteiger partial charge in [-0.05, 0) is 127 Å². The molecule has 2 heterocycles. The smallest absolute Gasteiger partial charge is 0.407 e. The fraction of sp³-hybridized carbons (Fsp3) is 0.684. The van der Waals surface area contributed by atoms with Crippen molar-refractivity contribution in [2.24, 2.45) is 23.7 Å². The van der Waals surface area contributed by atoms with Crippen LogP contribution in [0.15, 0.2) is 28.7 Å². The normalized spacial score (nSPS) is 26.3. The predicted molar refractivity (Wildman–Crippen MR) is 186 cm³/mol. The third-order valence-electron chi connectivity index (χ3n) is 10.6. The number of anilines is 1. The van der Waals surface area contributed by atoms with Crippen molar-refractivity contribution in [3.8, 4) is 0 Å². The van der Waals surface area contributed by atoms with E-state index in [1.54, 1.807) is 57.0 Å². The molecule has 1 aliphatic heterocycles. The van der Waals surface area contributed by atoms with Crippen molar-refractivity contribution in [3.05, 3.63) is 30.0 Å². The lowest BCUT2D eigenvalue weighted by Gasteiger charge is -2.38. The summed E-state index contributed by atoms with van der Waals surface area (Å²) in [5, 5.41) is 6.43. The monoisotopic (exact) mass is 699 g/mol. The van der Waals surface area contributed by atoms with Crippen LogP contribution in [0.25, 0.3) is 11.0 Å². The number of hydrogen-bond acceptors (Lipinski definition) is 8. The number of rotatable bonds is 11. The summed E-state index contributed by atoms with van der Waals surface area (Å²) in [5.74, 6) is -0.772. The maximum Gasteiger partial charge on any atom is 0.407 e. The van der Waals surface area contributed by atoms with Gasteiger partial charge in [0, 0.05) is 30.6 Å². The largest absolute Gasteiger partial charge is 0.460 e. The van der Waals surface area contributed by atoms with Gasteiger partial charge in [-0.3, -0.25) is 9.59 Å². The highest BCUT2D eigenvalue weighted by atomic mass is 19.1. The number of alkyl halides is 1. The molecule has 2 N–H and O–H groups in total. The maximum atomic E-state index is 14.2. The molecule has 1 saturated heterocycles. The maximum absolute atomic E-state index is 14.2. The van der Waals surface area contributed by atoms with Gasteiger partial charge in [0.15, 0.2) is 0 Å². The van der Waals surface area contributed by atoms with Gasteiger partial charge in [0.2, 0.25) is 17.6 Å². The lowest BCUT2D eigenvalue weighted by atomic mass is 9.75. The Labute approximate surface area is 294 Å². The Hall–Kier alpha value is -3.67. The van der Waals surface area contributed by atoms with E-state index in [2.05, 4.69) is 10.6 Å². The number of nitrogens with zero attached hydrogens (tertiary/aromatic N) is 1. The molecule has 12 heteroatoms. The van der Waals surface area contributed by atoms with Crippen molar-refractivity contribution >= 4 is 40.5 Å². The van der Waals surface area contributed by atoms with Crippen LogP contribution in [0.3, 0.4) is 0 Å². The Kier molecular flexibility index (Phi) is 12.5. The van der Waals surface area contributed by atoms with Crippen molar-refractivity contribution in [3.63, 3.8) is 0 Å². The Morgan fingerprint density at radius 1 is 1.00 bits per heavy atom. The van der Waals surface area contributed by atoms with E-state index in [0.29, 0.717) is 67.8 Å². The number of likely N-dealkylation sites (tertiary alicyclic amines) is 1. The molecule has 50 heavy (non-hydrogen) atoms. The third-order valence-corrected chi connectivity index (χ3v) is 10.6. The molecule has 2 aromatic rings. The summed E-state index contributed by atoms with van der Waals surface area (Å²) in [6, 6.07) is 5.52. The van der Waals surface area contributed by atoms with Crippen LogP contribution in [-0.2, 0) is 23.8 Å². The minimum absolute atomic E-state index is 0.0136. The molecule has 0 unspecified atom stereocenters. The van der Waals surface area contributed by atoms with Gasteiger partial charge < -0.3 is 34.2 Å². The summed E-state index contributed by atoms with van der Waals surface area (Å²) >= 11 is 0. The lowest BCUT2D eigenvalue weighted by molar-refractivity contribution is -0.142. The number of nitrogens with one attached hydrogen (secondary N) is 2. The first-order valence-electron chi connectivity index (χ1n) is 18.3. The lowest BCUT2D eigenvalue weighted by Crippen LogP contribution is -2.50. The van der Waals surface area contributed by atoms with Crippen LogP contribution in [0.4, 0.5) is 14.9 Å². The molecule has 0 radical (unpaired) electrons. The van der Waals surface area contributed by atoms with E-state index >= 15 is 0 Å². The standard InChI is InChI=1S/C38H54FN3O8/c1-6-19-48-36(45)32-21-26-20-27(13-16-31(26)49-32)40-34(43)33-29(23-11-14-28(47-5)15-12-23)17-18-42(33)35(44)25-9-7-24(8-10-25)30(22-39)41-37(46)50-38(2,3)4/h13,16,20-21,23-25,28-30,33H,6-12,14-15,17-19,22H2,1-5H3,(H,40,43)(H,41,46)/t23?,24?,25?,28?,29-,30+,33+/m0/s1. The zero-order valence-corrected chi connectivity index (χ0v) is 30.1. The van der Waals surface area contributed by atoms with Crippen molar-refractivity contribution in [2.75, 3.05) is 32.3 Å². The van der Waals surface area contributed by atoms with E-state index in [9.17, 15) is 23.6 Å². The van der Waals surface area contributed by atoms with Crippen molar-refractivity contribution in [2.45, 2.75) is 116 Å². The molecule has 1 aromatic heterocycles. The summed E-state index contributed by atoms with van der Waals surface area (Å²) in [6.07, 6.45) is 7.06. The predicted octanol–water partition coefficient (Wildman–Crippen LogP) is 7.03. The first kappa shape index (κ1) is 37.6. The first-order valence-corrected chi connectivity index (χ1v) is 18.3. The summed E-state index contributed by atoms with van der Waals surface area (Å²) in [6.45, 7) is 7.29. The van der Waals surface area contributed by atoms with Gasteiger partial charge >= 0.3 is 12.1 Å². The van der Waals surface area contributed by atoms with E-state index in [4.69, 9.17) is 18.6 Å². The van der Waals surface area contributed by atoms with Crippen LogP contribution in [0.1, 0.15) is 102 Å².